The van der Waals surface area contributed by atoms with Crippen molar-refractivity contribution in [3.8, 4) is 5.75 Å². The molecule has 2 aromatic rings. The lowest BCUT2D eigenvalue weighted by molar-refractivity contribution is -0.122. The molecule has 5 heteroatoms. The Bertz CT molecular complexity index is 578. The summed E-state index contributed by atoms with van der Waals surface area (Å²) in [7, 11) is 0. The van der Waals surface area contributed by atoms with Gasteiger partial charge in [-0.05, 0) is 24.6 Å². The number of benzene rings is 1. The van der Waals surface area contributed by atoms with Crippen LogP contribution in [0, 0.1) is 0 Å². The zero-order valence-electron chi connectivity index (χ0n) is 9.96. The highest BCUT2D eigenvalue weighted by atomic mass is 16.5. The molecule has 0 bridgehead atoms. The van der Waals surface area contributed by atoms with Crippen LogP contribution in [-0.2, 0) is 11.3 Å². The van der Waals surface area contributed by atoms with Crippen LogP contribution in [0.1, 0.15) is 12.5 Å². The van der Waals surface area contributed by atoms with E-state index < -0.39 is 6.10 Å². The number of rotatable bonds is 2. The highest BCUT2D eigenvalue weighted by molar-refractivity contribution is 5.97. The molecule has 1 unspecified atom stereocenters. The molecule has 1 atom stereocenters. The second-order valence-electron chi connectivity index (χ2n) is 4.31. The smallest absolute Gasteiger partial charge is 0.265 e. The molecule has 1 aromatic heterocycles. The number of amides is 1. The highest BCUT2D eigenvalue weighted by Gasteiger charge is 2.23. The Morgan fingerprint density at radius 2 is 2.39 bits per heavy atom. The van der Waals surface area contributed by atoms with Crippen LogP contribution in [0.4, 0.5) is 5.69 Å². The van der Waals surface area contributed by atoms with Gasteiger partial charge in [0.05, 0.1) is 12.0 Å². The Morgan fingerprint density at radius 3 is 3.17 bits per heavy atom. The molecule has 1 aliphatic heterocycles. The van der Waals surface area contributed by atoms with E-state index in [-0.39, 0.29) is 5.91 Å². The van der Waals surface area contributed by atoms with Crippen molar-refractivity contribution in [3.05, 3.63) is 42.5 Å². The van der Waals surface area contributed by atoms with E-state index in [1.54, 1.807) is 19.4 Å². The lowest BCUT2D eigenvalue weighted by atomic mass is 10.1. The summed E-state index contributed by atoms with van der Waals surface area (Å²) in [6, 6.07) is 5.81. The van der Waals surface area contributed by atoms with E-state index in [9.17, 15) is 4.79 Å². The van der Waals surface area contributed by atoms with Gasteiger partial charge in [-0.3, -0.25) is 4.79 Å². The third-order valence-corrected chi connectivity index (χ3v) is 2.90. The second-order valence-corrected chi connectivity index (χ2v) is 4.31. The number of imidazole rings is 1. The van der Waals surface area contributed by atoms with E-state index in [4.69, 9.17) is 4.74 Å². The van der Waals surface area contributed by atoms with Gasteiger partial charge in [0.15, 0.2) is 6.10 Å². The Labute approximate surface area is 104 Å². The Hall–Kier alpha value is -2.30. The van der Waals surface area contributed by atoms with Crippen molar-refractivity contribution in [1.82, 2.24) is 9.55 Å². The molecule has 0 saturated carbocycles. The Balaban J connectivity index is 1.87. The van der Waals surface area contributed by atoms with Gasteiger partial charge in [-0.15, -0.1) is 0 Å². The summed E-state index contributed by atoms with van der Waals surface area (Å²) in [5.74, 6) is 0.610. The van der Waals surface area contributed by atoms with Gasteiger partial charge in [-0.2, -0.15) is 0 Å². The summed E-state index contributed by atoms with van der Waals surface area (Å²) < 4.78 is 7.47. The van der Waals surface area contributed by atoms with Gasteiger partial charge in [-0.25, -0.2) is 4.98 Å². The van der Waals surface area contributed by atoms with Gasteiger partial charge in [0.1, 0.15) is 5.75 Å². The predicted octanol–water partition coefficient (Wildman–Crippen LogP) is 1.65. The maximum Gasteiger partial charge on any atom is 0.265 e. The third kappa shape index (κ3) is 1.95. The van der Waals surface area contributed by atoms with Crippen LogP contribution in [0.15, 0.2) is 36.9 Å². The highest BCUT2D eigenvalue weighted by Crippen LogP contribution is 2.30. The van der Waals surface area contributed by atoms with Crippen LogP contribution in [0.3, 0.4) is 0 Å². The SMILES string of the molecule is CC1Oc2ccc(Cn3ccnc3)cc2NC1=O. The molecule has 0 radical (unpaired) electrons. The molecular formula is C13H13N3O2. The largest absolute Gasteiger partial charge is 0.479 e. The van der Waals surface area contributed by atoms with Crippen LogP contribution >= 0.6 is 0 Å². The topological polar surface area (TPSA) is 56.1 Å². The minimum atomic E-state index is -0.433. The fourth-order valence-electron chi connectivity index (χ4n) is 1.95. The average Bonchev–Trinajstić information content (AvgIpc) is 2.84. The van der Waals surface area contributed by atoms with Crippen molar-refractivity contribution in [2.75, 3.05) is 5.32 Å². The van der Waals surface area contributed by atoms with E-state index in [1.807, 2.05) is 29.0 Å². The number of hydrogen-bond donors (Lipinski definition) is 1. The number of anilines is 1. The molecule has 0 aliphatic carbocycles. The van der Waals surface area contributed by atoms with Gasteiger partial charge in [0.25, 0.3) is 5.91 Å². The van der Waals surface area contributed by atoms with Crippen molar-refractivity contribution in [1.29, 1.82) is 0 Å². The van der Waals surface area contributed by atoms with Crippen LogP contribution in [0.25, 0.3) is 0 Å². The number of nitrogens with zero attached hydrogens (tertiary/aromatic N) is 2. The molecule has 2 heterocycles. The summed E-state index contributed by atoms with van der Waals surface area (Å²) in [5, 5.41) is 2.84. The van der Waals surface area contributed by atoms with Crippen LogP contribution in [0.5, 0.6) is 5.75 Å². The van der Waals surface area contributed by atoms with Gasteiger partial charge in [0.2, 0.25) is 0 Å². The van der Waals surface area contributed by atoms with E-state index in [2.05, 4.69) is 10.3 Å². The zero-order chi connectivity index (χ0) is 12.5. The lowest BCUT2D eigenvalue weighted by Gasteiger charge is -2.23. The van der Waals surface area contributed by atoms with Gasteiger partial charge < -0.3 is 14.6 Å². The summed E-state index contributed by atoms with van der Waals surface area (Å²) >= 11 is 0. The number of carbonyl (C=O) groups is 1. The lowest BCUT2D eigenvalue weighted by Crippen LogP contribution is -2.34. The minimum Gasteiger partial charge on any atom is -0.479 e. The normalized spacial score (nSPS) is 17.8. The molecule has 3 rings (SSSR count). The van der Waals surface area contributed by atoms with E-state index in [0.29, 0.717) is 0 Å². The number of hydrogen-bond acceptors (Lipinski definition) is 3. The summed E-state index contributed by atoms with van der Waals surface area (Å²) in [6.07, 6.45) is 4.97. The Kier molecular flexibility index (Phi) is 2.51. The quantitative estimate of drug-likeness (QED) is 0.872. The summed E-state index contributed by atoms with van der Waals surface area (Å²) in [5.41, 5.74) is 1.82. The van der Waals surface area contributed by atoms with Gasteiger partial charge in [0, 0.05) is 18.9 Å². The summed E-state index contributed by atoms with van der Waals surface area (Å²) in [4.78, 5) is 15.5. The van der Waals surface area contributed by atoms with Crippen LogP contribution < -0.4 is 10.1 Å². The predicted molar refractivity (Wildman–Crippen MR) is 66.5 cm³/mol. The molecular weight excluding hydrogens is 230 g/mol. The van der Waals surface area contributed by atoms with Crippen molar-refractivity contribution < 1.29 is 9.53 Å². The van der Waals surface area contributed by atoms with Crippen molar-refractivity contribution in [2.45, 2.75) is 19.6 Å². The monoisotopic (exact) mass is 243 g/mol. The molecule has 92 valence electrons. The molecule has 0 fully saturated rings. The van der Waals surface area contributed by atoms with Crippen molar-refractivity contribution >= 4 is 11.6 Å². The number of carbonyl (C=O) groups excluding carboxylic acids is 1. The molecule has 1 amide bonds. The first-order valence-corrected chi connectivity index (χ1v) is 5.78. The first-order valence-electron chi connectivity index (χ1n) is 5.78. The molecule has 1 aromatic carbocycles. The molecule has 0 saturated heterocycles. The number of fused-ring (bicyclic) bond motifs is 1. The maximum atomic E-state index is 11.5. The molecule has 5 nitrogen and oxygen atoms in total. The van der Waals surface area contributed by atoms with Gasteiger partial charge >= 0.3 is 0 Å². The van der Waals surface area contributed by atoms with E-state index in [0.717, 1.165) is 23.5 Å². The van der Waals surface area contributed by atoms with Crippen molar-refractivity contribution in [2.24, 2.45) is 0 Å². The van der Waals surface area contributed by atoms with Crippen molar-refractivity contribution in [3.63, 3.8) is 0 Å². The second kappa shape index (κ2) is 4.18. The van der Waals surface area contributed by atoms with Crippen LogP contribution in [-0.4, -0.2) is 21.6 Å². The van der Waals surface area contributed by atoms with E-state index in [1.165, 1.54) is 0 Å². The number of aromatic nitrogens is 2. The first-order chi connectivity index (χ1) is 8.72. The third-order valence-electron chi connectivity index (χ3n) is 2.90. The molecule has 0 spiro atoms. The Morgan fingerprint density at radius 1 is 1.50 bits per heavy atom. The fraction of sp³-hybridized carbons (Fsp3) is 0.231. The van der Waals surface area contributed by atoms with Crippen LogP contribution in [0.2, 0.25) is 0 Å². The zero-order valence-corrected chi connectivity index (χ0v) is 9.96. The molecule has 1 N–H and O–H groups in total. The first kappa shape index (κ1) is 10.8. The number of ether oxygens (including phenoxy) is 1. The minimum absolute atomic E-state index is 0.109. The number of nitrogens with one attached hydrogen (secondary N) is 1. The average molecular weight is 243 g/mol. The molecule has 1 aliphatic rings. The molecule has 18 heavy (non-hydrogen) atoms. The fourth-order valence-corrected chi connectivity index (χ4v) is 1.95. The van der Waals surface area contributed by atoms with E-state index >= 15 is 0 Å². The summed E-state index contributed by atoms with van der Waals surface area (Å²) in [6.45, 7) is 2.45. The van der Waals surface area contributed by atoms with Gasteiger partial charge in [-0.1, -0.05) is 6.07 Å². The maximum absolute atomic E-state index is 11.5. The standard InChI is InChI=1S/C13H13N3O2/c1-9-13(17)15-11-6-10(2-3-12(11)18-9)7-16-5-4-14-8-16/h2-6,8-9H,7H2,1H3,(H,15,17).